The standard InChI is InChI=1S/C10H10N6O2S/c11-3-5-8(12)7(9(13)17)10(19-5)14-2-1-6-15-4-16-18-6/h4,14H,1-2,12H2,(H2,13,17). The molecule has 0 aliphatic carbocycles. The maximum Gasteiger partial charge on any atom is 0.253 e. The van der Waals surface area contributed by atoms with Gasteiger partial charge in [-0.3, -0.25) is 4.79 Å². The highest BCUT2D eigenvalue weighted by Crippen LogP contribution is 2.34. The summed E-state index contributed by atoms with van der Waals surface area (Å²) >= 11 is 1.09. The molecule has 2 aromatic heterocycles. The summed E-state index contributed by atoms with van der Waals surface area (Å²) in [5, 5.41) is 15.8. The van der Waals surface area contributed by atoms with Gasteiger partial charge in [0.1, 0.15) is 15.9 Å². The predicted octanol–water partition coefficient (Wildman–Crippen LogP) is 0.338. The lowest BCUT2D eigenvalue weighted by Gasteiger charge is -2.03. The quantitative estimate of drug-likeness (QED) is 0.715. The molecule has 2 heterocycles. The molecule has 8 nitrogen and oxygen atoms in total. The van der Waals surface area contributed by atoms with Crippen molar-refractivity contribution in [2.75, 3.05) is 17.6 Å². The van der Waals surface area contributed by atoms with Crippen LogP contribution in [0.1, 0.15) is 21.1 Å². The summed E-state index contributed by atoms with van der Waals surface area (Å²) < 4.78 is 4.83. The second kappa shape index (κ2) is 5.36. The lowest BCUT2D eigenvalue weighted by molar-refractivity contribution is 0.100. The van der Waals surface area contributed by atoms with E-state index in [2.05, 4.69) is 15.5 Å². The van der Waals surface area contributed by atoms with Gasteiger partial charge >= 0.3 is 0 Å². The van der Waals surface area contributed by atoms with Crippen molar-refractivity contribution in [3.63, 3.8) is 0 Å². The second-order valence-corrected chi connectivity index (χ2v) is 4.56. The summed E-state index contributed by atoms with van der Waals surface area (Å²) in [7, 11) is 0. The first-order valence-electron chi connectivity index (χ1n) is 5.25. The third kappa shape index (κ3) is 2.63. The molecule has 0 aliphatic rings. The molecular formula is C10H10N6O2S. The average Bonchev–Trinajstić information content (AvgIpc) is 2.97. The van der Waals surface area contributed by atoms with Crippen LogP contribution in [0.4, 0.5) is 10.7 Å². The maximum atomic E-state index is 11.3. The predicted molar refractivity (Wildman–Crippen MR) is 68.5 cm³/mol. The Morgan fingerprint density at radius 2 is 2.42 bits per heavy atom. The van der Waals surface area contributed by atoms with E-state index in [-0.39, 0.29) is 16.1 Å². The van der Waals surface area contributed by atoms with Gasteiger partial charge in [0.2, 0.25) is 5.89 Å². The summed E-state index contributed by atoms with van der Waals surface area (Å²) in [6, 6.07) is 1.92. The van der Waals surface area contributed by atoms with Crippen molar-refractivity contribution in [2.24, 2.45) is 5.73 Å². The van der Waals surface area contributed by atoms with Crippen LogP contribution in [0.25, 0.3) is 0 Å². The van der Waals surface area contributed by atoms with Gasteiger partial charge in [-0.25, -0.2) is 0 Å². The number of nitriles is 1. The molecule has 0 unspecified atom stereocenters. The van der Waals surface area contributed by atoms with E-state index in [9.17, 15) is 4.79 Å². The largest absolute Gasteiger partial charge is 0.396 e. The third-order valence-electron chi connectivity index (χ3n) is 2.32. The van der Waals surface area contributed by atoms with E-state index in [4.69, 9.17) is 21.3 Å². The molecule has 0 aliphatic heterocycles. The molecule has 1 amide bonds. The number of anilines is 2. The van der Waals surface area contributed by atoms with Crippen molar-refractivity contribution in [1.82, 2.24) is 10.1 Å². The van der Waals surface area contributed by atoms with Crippen LogP contribution in [0.3, 0.4) is 0 Å². The number of hydrogen-bond acceptors (Lipinski definition) is 8. The van der Waals surface area contributed by atoms with Gasteiger partial charge in [0.05, 0.1) is 11.3 Å². The smallest absolute Gasteiger partial charge is 0.253 e. The van der Waals surface area contributed by atoms with Gasteiger partial charge in [0.25, 0.3) is 5.91 Å². The van der Waals surface area contributed by atoms with Gasteiger partial charge in [-0.2, -0.15) is 10.2 Å². The van der Waals surface area contributed by atoms with E-state index in [0.717, 1.165) is 11.3 Å². The van der Waals surface area contributed by atoms with Gasteiger partial charge in [-0.05, 0) is 0 Å². The topological polar surface area (TPSA) is 144 Å². The number of carbonyl (C=O) groups excluding carboxylic acids is 1. The van der Waals surface area contributed by atoms with E-state index in [1.165, 1.54) is 6.33 Å². The van der Waals surface area contributed by atoms with Crippen molar-refractivity contribution in [1.29, 1.82) is 5.26 Å². The number of rotatable bonds is 5. The molecule has 2 rings (SSSR count). The summed E-state index contributed by atoms with van der Waals surface area (Å²) in [6.45, 7) is 0.452. The number of nitrogen functional groups attached to an aromatic ring is 1. The highest BCUT2D eigenvalue weighted by Gasteiger charge is 2.19. The summed E-state index contributed by atoms with van der Waals surface area (Å²) in [4.78, 5) is 15.4. The maximum absolute atomic E-state index is 11.3. The minimum Gasteiger partial charge on any atom is -0.396 e. The van der Waals surface area contributed by atoms with Crippen molar-refractivity contribution >= 4 is 27.9 Å². The molecule has 0 aromatic carbocycles. The number of aromatic nitrogens is 2. The van der Waals surface area contributed by atoms with Crippen LogP contribution in [0, 0.1) is 11.3 Å². The first-order chi connectivity index (χ1) is 9.13. The number of nitrogens with zero attached hydrogens (tertiary/aromatic N) is 3. The molecule has 0 saturated heterocycles. The van der Waals surface area contributed by atoms with Crippen molar-refractivity contribution in [2.45, 2.75) is 6.42 Å². The lowest BCUT2D eigenvalue weighted by atomic mass is 10.2. The van der Waals surface area contributed by atoms with Crippen molar-refractivity contribution < 1.29 is 9.32 Å². The fourth-order valence-electron chi connectivity index (χ4n) is 1.49. The highest BCUT2D eigenvalue weighted by atomic mass is 32.1. The first-order valence-corrected chi connectivity index (χ1v) is 6.06. The Kier molecular flexibility index (Phi) is 3.63. The Morgan fingerprint density at radius 3 is 3.00 bits per heavy atom. The summed E-state index contributed by atoms with van der Waals surface area (Å²) in [5.41, 5.74) is 11.2. The Labute approximate surface area is 112 Å². The number of nitrogens with one attached hydrogen (secondary N) is 1. The van der Waals surface area contributed by atoms with Gasteiger partial charge in [-0.1, -0.05) is 5.16 Å². The van der Waals surface area contributed by atoms with E-state index in [1.54, 1.807) is 0 Å². The van der Waals surface area contributed by atoms with Crippen LogP contribution >= 0.6 is 11.3 Å². The Balaban J connectivity index is 2.11. The lowest BCUT2D eigenvalue weighted by Crippen LogP contribution is -2.15. The zero-order valence-electron chi connectivity index (χ0n) is 9.71. The Hall–Kier alpha value is -2.60. The number of amides is 1. The van der Waals surface area contributed by atoms with E-state index in [1.807, 2.05) is 6.07 Å². The molecule has 0 fully saturated rings. The highest BCUT2D eigenvalue weighted by molar-refractivity contribution is 7.17. The summed E-state index contributed by atoms with van der Waals surface area (Å²) in [6.07, 6.45) is 1.79. The Bertz CT molecular complexity index is 627. The molecule has 9 heteroatoms. The normalized spacial score (nSPS) is 10.1. The van der Waals surface area contributed by atoms with E-state index < -0.39 is 5.91 Å². The van der Waals surface area contributed by atoms with Gasteiger partial charge in [-0.15, -0.1) is 11.3 Å². The van der Waals surface area contributed by atoms with Crippen molar-refractivity contribution in [3.05, 3.63) is 22.7 Å². The van der Waals surface area contributed by atoms with Crippen LogP contribution in [0.5, 0.6) is 0 Å². The SMILES string of the molecule is N#Cc1sc(NCCc2ncno2)c(C(N)=O)c1N. The monoisotopic (exact) mass is 278 g/mol. The molecule has 19 heavy (non-hydrogen) atoms. The molecule has 98 valence electrons. The van der Waals surface area contributed by atoms with Crippen LogP contribution < -0.4 is 16.8 Å². The van der Waals surface area contributed by atoms with Crippen molar-refractivity contribution in [3.8, 4) is 6.07 Å². The second-order valence-electron chi connectivity index (χ2n) is 3.54. The van der Waals surface area contributed by atoms with Crippen LogP contribution in [0.2, 0.25) is 0 Å². The van der Waals surface area contributed by atoms with Gasteiger partial charge in [0.15, 0.2) is 6.33 Å². The zero-order chi connectivity index (χ0) is 13.8. The fraction of sp³-hybridized carbons (Fsp3) is 0.200. The van der Waals surface area contributed by atoms with Crippen LogP contribution in [0.15, 0.2) is 10.9 Å². The molecule has 0 saturated carbocycles. The van der Waals surface area contributed by atoms with Crippen LogP contribution in [-0.4, -0.2) is 22.6 Å². The number of thiophene rings is 1. The minimum atomic E-state index is -0.671. The fourth-order valence-corrected chi connectivity index (χ4v) is 2.43. The van der Waals surface area contributed by atoms with Gasteiger partial charge in [0, 0.05) is 13.0 Å². The van der Waals surface area contributed by atoms with Crippen LogP contribution in [-0.2, 0) is 6.42 Å². The number of primary amides is 1. The molecule has 5 N–H and O–H groups in total. The molecule has 0 atom stereocenters. The van der Waals surface area contributed by atoms with E-state index in [0.29, 0.717) is 23.9 Å². The molecule has 0 bridgehead atoms. The molecule has 0 radical (unpaired) electrons. The first kappa shape index (κ1) is 12.8. The number of nitrogens with two attached hydrogens (primary N) is 2. The van der Waals surface area contributed by atoms with Gasteiger partial charge < -0.3 is 21.3 Å². The minimum absolute atomic E-state index is 0.111. The zero-order valence-corrected chi connectivity index (χ0v) is 10.5. The number of hydrogen-bond donors (Lipinski definition) is 3. The third-order valence-corrected chi connectivity index (χ3v) is 3.39. The molecular weight excluding hydrogens is 268 g/mol. The molecule has 2 aromatic rings. The van der Waals surface area contributed by atoms with E-state index >= 15 is 0 Å². The summed E-state index contributed by atoms with van der Waals surface area (Å²) in [5.74, 6) is -0.200. The number of carbonyl (C=O) groups is 1. The molecule has 0 spiro atoms. The Morgan fingerprint density at radius 1 is 1.63 bits per heavy atom. The average molecular weight is 278 g/mol.